The zero-order chi connectivity index (χ0) is 18.0. The summed E-state index contributed by atoms with van der Waals surface area (Å²) in [6, 6.07) is 9.20. The summed E-state index contributed by atoms with van der Waals surface area (Å²) in [5.74, 6) is 0.373. The van der Waals surface area contributed by atoms with Crippen LogP contribution in [0.15, 0.2) is 30.3 Å². The minimum atomic E-state index is -0.431. The fraction of sp³-hybridized carbons (Fsp3) is 0.619. The number of nitrogens with zero attached hydrogens (tertiary/aromatic N) is 1. The van der Waals surface area contributed by atoms with Gasteiger partial charge in [0.15, 0.2) is 0 Å². The minimum Gasteiger partial charge on any atom is -0.342 e. The van der Waals surface area contributed by atoms with Gasteiger partial charge in [0.05, 0.1) is 0 Å². The number of amides is 2. The smallest absolute Gasteiger partial charge is 0.246 e. The molecule has 2 fully saturated rings. The molecule has 2 unspecified atom stereocenters. The SMILES string of the molecule is CC(C)(C)C1C(=O)NC(C2CCCCC2)C(=O)N1Cc1ccccc1. The Labute approximate surface area is 151 Å². The molecule has 1 aromatic rings. The van der Waals surface area contributed by atoms with Gasteiger partial charge in [0.1, 0.15) is 12.1 Å². The fourth-order valence-electron chi connectivity index (χ4n) is 4.34. The molecule has 3 rings (SSSR count). The molecule has 1 saturated heterocycles. The summed E-state index contributed by atoms with van der Waals surface area (Å²) in [6.07, 6.45) is 5.63. The van der Waals surface area contributed by atoms with E-state index < -0.39 is 6.04 Å². The van der Waals surface area contributed by atoms with Crippen LogP contribution in [-0.2, 0) is 16.1 Å². The molecule has 1 heterocycles. The molecule has 0 bridgehead atoms. The highest BCUT2D eigenvalue weighted by atomic mass is 16.2. The van der Waals surface area contributed by atoms with E-state index in [4.69, 9.17) is 0 Å². The number of hydrogen-bond acceptors (Lipinski definition) is 2. The van der Waals surface area contributed by atoms with Gasteiger partial charge in [0.25, 0.3) is 0 Å². The first-order chi connectivity index (χ1) is 11.9. The van der Waals surface area contributed by atoms with Crippen LogP contribution >= 0.6 is 0 Å². The van der Waals surface area contributed by atoms with Crippen LogP contribution in [-0.4, -0.2) is 28.8 Å². The number of benzene rings is 1. The van der Waals surface area contributed by atoms with Crippen LogP contribution in [0.2, 0.25) is 0 Å². The maximum Gasteiger partial charge on any atom is 0.246 e. The van der Waals surface area contributed by atoms with Gasteiger partial charge in [-0.25, -0.2) is 0 Å². The van der Waals surface area contributed by atoms with Crippen LogP contribution in [0.1, 0.15) is 58.4 Å². The average Bonchev–Trinajstić information content (AvgIpc) is 2.58. The summed E-state index contributed by atoms with van der Waals surface area (Å²) in [5.41, 5.74) is 0.772. The molecule has 25 heavy (non-hydrogen) atoms. The van der Waals surface area contributed by atoms with Crippen molar-refractivity contribution >= 4 is 11.8 Å². The van der Waals surface area contributed by atoms with Gasteiger partial charge in [-0.2, -0.15) is 0 Å². The quantitative estimate of drug-likeness (QED) is 0.914. The monoisotopic (exact) mass is 342 g/mol. The van der Waals surface area contributed by atoms with Gasteiger partial charge in [0.2, 0.25) is 11.8 Å². The normalized spacial score (nSPS) is 25.8. The zero-order valence-corrected chi connectivity index (χ0v) is 15.6. The number of nitrogens with one attached hydrogen (secondary N) is 1. The molecule has 4 nitrogen and oxygen atoms in total. The molecule has 0 aromatic heterocycles. The van der Waals surface area contributed by atoms with Gasteiger partial charge in [0, 0.05) is 6.54 Å². The molecule has 1 saturated carbocycles. The Morgan fingerprint density at radius 2 is 1.68 bits per heavy atom. The maximum absolute atomic E-state index is 13.3. The summed E-state index contributed by atoms with van der Waals surface area (Å²) < 4.78 is 0. The molecule has 0 spiro atoms. The number of carbonyl (C=O) groups is 2. The molecular weight excluding hydrogens is 312 g/mol. The first-order valence-corrected chi connectivity index (χ1v) is 9.53. The lowest BCUT2D eigenvalue weighted by atomic mass is 9.78. The summed E-state index contributed by atoms with van der Waals surface area (Å²) in [7, 11) is 0. The van der Waals surface area contributed by atoms with Gasteiger partial charge in [-0.15, -0.1) is 0 Å². The molecule has 1 aliphatic carbocycles. The van der Waals surface area contributed by atoms with Crippen LogP contribution in [0.25, 0.3) is 0 Å². The third kappa shape index (κ3) is 3.88. The van der Waals surface area contributed by atoms with Crippen molar-refractivity contribution in [3.63, 3.8) is 0 Å². The van der Waals surface area contributed by atoms with E-state index in [0.29, 0.717) is 6.54 Å². The molecular formula is C21H30N2O2. The molecule has 1 aromatic carbocycles. The second kappa shape index (κ2) is 7.19. The summed E-state index contributed by atoms with van der Waals surface area (Å²) >= 11 is 0. The topological polar surface area (TPSA) is 49.4 Å². The lowest BCUT2D eigenvalue weighted by Crippen LogP contribution is -2.67. The third-order valence-electron chi connectivity index (χ3n) is 5.54. The van der Waals surface area contributed by atoms with Crippen molar-refractivity contribution in [2.45, 2.75) is 71.5 Å². The number of rotatable bonds is 3. The summed E-state index contributed by atoms with van der Waals surface area (Å²) in [5, 5.41) is 3.08. The summed E-state index contributed by atoms with van der Waals surface area (Å²) in [4.78, 5) is 28.1. The Kier molecular flexibility index (Phi) is 5.16. The highest BCUT2D eigenvalue weighted by Crippen LogP contribution is 2.34. The average molecular weight is 342 g/mol. The first kappa shape index (κ1) is 18.0. The second-order valence-corrected chi connectivity index (χ2v) is 8.60. The van der Waals surface area contributed by atoms with Crippen molar-refractivity contribution < 1.29 is 9.59 Å². The number of hydrogen-bond donors (Lipinski definition) is 1. The number of carbonyl (C=O) groups excluding carboxylic acids is 2. The molecule has 1 aliphatic heterocycles. The second-order valence-electron chi connectivity index (χ2n) is 8.60. The van der Waals surface area contributed by atoms with Crippen LogP contribution in [0.4, 0.5) is 0 Å². The van der Waals surface area contributed by atoms with Crippen LogP contribution < -0.4 is 5.32 Å². The lowest BCUT2D eigenvalue weighted by Gasteiger charge is -2.46. The highest BCUT2D eigenvalue weighted by Gasteiger charge is 2.48. The Hall–Kier alpha value is -1.84. The van der Waals surface area contributed by atoms with Crippen LogP contribution in [0.5, 0.6) is 0 Å². The standard InChI is InChI=1S/C21H30N2O2/c1-21(2,3)18-19(24)22-17(16-12-8-5-9-13-16)20(25)23(18)14-15-10-6-4-7-11-15/h4,6-7,10-11,16-18H,5,8-9,12-14H2,1-3H3,(H,22,24). The van der Waals surface area contributed by atoms with Gasteiger partial charge in [-0.3, -0.25) is 9.59 Å². The van der Waals surface area contributed by atoms with E-state index in [0.717, 1.165) is 31.2 Å². The van der Waals surface area contributed by atoms with Crippen molar-refractivity contribution in [2.24, 2.45) is 11.3 Å². The van der Waals surface area contributed by atoms with Crippen LogP contribution in [0.3, 0.4) is 0 Å². The first-order valence-electron chi connectivity index (χ1n) is 9.53. The molecule has 2 aliphatic rings. The molecule has 4 heteroatoms. The fourth-order valence-corrected chi connectivity index (χ4v) is 4.34. The minimum absolute atomic E-state index is 0.00129. The van der Waals surface area contributed by atoms with Crippen molar-refractivity contribution in [1.82, 2.24) is 10.2 Å². The molecule has 136 valence electrons. The van der Waals surface area contributed by atoms with Crippen LogP contribution in [0, 0.1) is 11.3 Å². The van der Waals surface area contributed by atoms with Gasteiger partial charge < -0.3 is 10.2 Å². The Balaban J connectivity index is 1.89. The van der Waals surface area contributed by atoms with E-state index in [1.165, 1.54) is 6.42 Å². The van der Waals surface area contributed by atoms with E-state index in [9.17, 15) is 9.59 Å². The molecule has 0 radical (unpaired) electrons. The predicted molar refractivity (Wildman–Crippen MR) is 98.7 cm³/mol. The van der Waals surface area contributed by atoms with E-state index in [-0.39, 0.29) is 29.2 Å². The zero-order valence-electron chi connectivity index (χ0n) is 15.6. The Bertz CT molecular complexity index is 615. The van der Waals surface area contributed by atoms with Crippen molar-refractivity contribution in [2.75, 3.05) is 0 Å². The van der Waals surface area contributed by atoms with Crippen molar-refractivity contribution in [1.29, 1.82) is 0 Å². The van der Waals surface area contributed by atoms with Gasteiger partial charge in [-0.05, 0) is 29.7 Å². The highest BCUT2D eigenvalue weighted by molar-refractivity contribution is 5.97. The molecule has 1 N–H and O–H groups in total. The van der Waals surface area contributed by atoms with E-state index in [2.05, 4.69) is 5.32 Å². The molecule has 2 atom stereocenters. The Morgan fingerprint density at radius 1 is 1.04 bits per heavy atom. The lowest BCUT2D eigenvalue weighted by molar-refractivity contribution is -0.156. The Morgan fingerprint density at radius 3 is 2.28 bits per heavy atom. The third-order valence-corrected chi connectivity index (χ3v) is 5.54. The largest absolute Gasteiger partial charge is 0.342 e. The van der Waals surface area contributed by atoms with Crippen molar-refractivity contribution in [3.8, 4) is 0 Å². The predicted octanol–water partition coefficient (Wildman–Crippen LogP) is 3.51. The maximum atomic E-state index is 13.3. The molecule has 2 amide bonds. The summed E-state index contributed by atoms with van der Waals surface area (Å²) in [6.45, 7) is 6.59. The van der Waals surface area contributed by atoms with Crippen molar-refractivity contribution in [3.05, 3.63) is 35.9 Å². The van der Waals surface area contributed by atoms with E-state index >= 15 is 0 Å². The number of piperazine rings is 1. The van der Waals surface area contributed by atoms with Gasteiger partial charge >= 0.3 is 0 Å². The van der Waals surface area contributed by atoms with E-state index in [1.807, 2.05) is 56.0 Å². The van der Waals surface area contributed by atoms with Gasteiger partial charge in [-0.1, -0.05) is 70.4 Å². The van der Waals surface area contributed by atoms with E-state index in [1.54, 1.807) is 0 Å².